The number of hydrogen-bond acceptors (Lipinski definition) is 2. The monoisotopic (exact) mass is 268 g/mol. The standard InChI is InChI=1S/C13H17ClN2O2/c1-2-11-12(9-3-5-10(14)6-4-9)15-7-8-16(11)13(17)18/h3-6,11-12,15H,2,7-8H2,1H3,(H,17,18)/t11-,12?/m1/s1. The lowest BCUT2D eigenvalue weighted by Crippen LogP contribution is -2.54. The Labute approximate surface area is 112 Å². The van der Waals surface area contributed by atoms with Gasteiger partial charge in [-0.1, -0.05) is 30.7 Å². The molecule has 0 aromatic heterocycles. The summed E-state index contributed by atoms with van der Waals surface area (Å²) in [6.07, 6.45) is -0.0608. The van der Waals surface area contributed by atoms with Gasteiger partial charge in [-0.25, -0.2) is 4.79 Å². The Morgan fingerprint density at radius 1 is 1.50 bits per heavy atom. The van der Waals surface area contributed by atoms with E-state index in [2.05, 4.69) is 5.32 Å². The van der Waals surface area contributed by atoms with Gasteiger partial charge in [-0.3, -0.25) is 0 Å². The number of carboxylic acid groups (broad SMARTS) is 1. The second-order valence-corrected chi connectivity index (χ2v) is 4.87. The highest BCUT2D eigenvalue weighted by Crippen LogP contribution is 2.27. The van der Waals surface area contributed by atoms with Crippen molar-refractivity contribution in [3.63, 3.8) is 0 Å². The maximum Gasteiger partial charge on any atom is 0.407 e. The fourth-order valence-electron chi connectivity index (χ4n) is 2.53. The fraction of sp³-hybridized carbons (Fsp3) is 0.462. The third kappa shape index (κ3) is 2.60. The number of hydrogen-bond donors (Lipinski definition) is 2. The fourth-order valence-corrected chi connectivity index (χ4v) is 2.65. The highest BCUT2D eigenvalue weighted by molar-refractivity contribution is 6.30. The van der Waals surface area contributed by atoms with Gasteiger partial charge >= 0.3 is 6.09 Å². The largest absolute Gasteiger partial charge is 0.465 e. The molecule has 18 heavy (non-hydrogen) atoms. The summed E-state index contributed by atoms with van der Waals surface area (Å²) in [6, 6.07) is 7.59. The molecule has 1 aliphatic heterocycles. The second kappa shape index (κ2) is 5.59. The minimum atomic E-state index is -0.845. The van der Waals surface area contributed by atoms with E-state index in [-0.39, 0.29) is 12.1 Å². The smallest absolute Gasteiger partial charge is 0.407 e. The number of nitrogens with one attached hydrogen (secondary N) is 1. The predicted molar refractivity (Wildman–Crippen MR) is 71.0 cm³/mol. The summed E-state index contributed by atoms with van der Waals surface area (Å²) in [5.41, 5.74) is 1.08. The summed E-state index contributed by atoms with van der Waals surface area (Å²) < 4.78 is 0. The summed E-state index contributed by atoms with van der Waals surface area (Å²) in [5.74, 6) is 0. The van der Waals surface area contributed by atoms with Crippen LogP contribution in [-0.4, -0.2) is 35.2 Å². The molecule has 1 amide bonds. The molecule has 1 fully saturated rings. The van der Waals surface area contributed by atoms with E-state index < -0.39 is 6.09 Å². The molecule has 1 aliphatic rings. The van der Waals surface area contributed by atoms with Gasteiger partial charge in [0.2, 0.25) is 0 Å². The van der Waals surface area contributed by atoms with Gasteiger partial charge in [0.15, 0.2) is 0 Å². The molecule has 1 saturated heterocycles. The lowest BCUT2D eigenvalue weighted by atomic mass is 9.94. The Morgan fingerprint density at radius 3 is 2.72 bits per heavy atom. The lowest BCUT2D eigenvalue weighted by Gasteiger charge is -2.40. The van der Waals surface area contributed by atoms with Gasteiger partial charge in [0, 0.05) is 18.1 Å². The summed E-state index contributed by atoms with van der Waals surface area (Å²) in [5, 5.41) is 13.3. The Morgan fingerprint density at radius 2 is 2.17 bits per heavy atom. The van der Waals surface area contributed by atoms with Gasteiger partial charge in [0.05, 0.1) is 12.1 Å². The minimum Gasteiger partial charge on any atom is -0.465 e. The summed E-state index contributed by atoms with van der Waals surface area (Å²) >= 11 is 5.88. The molecule has 0 saturated carbocycles. The zero-order valence-electron chi connectivity index (χ0n) is 10.3. The molecular weight excluding hydrogens is 252 g/mol. The molecule has 0 bridgehead atoms. The highest BCUT2D eigenvalue weighted by atomic mass is 35.5. The van der Waals surface area contributed by atoms with Gasteiger partial charge < -0.3 is 15.3 Å². The molecule has 0 aliphatic carbocycles. The van der Waals surface area contributed by atoms with Gasteiger partial charge in [0.1, 0.15) is 0 Å². The van der Waals surface area contributed by atoms with Crippen molar-refractivity contribution in [3.8, 4) is 0 Å². The van der Waals surface area contributed by atoms with Crippen LogP contribution < -0.4 is 5.32 Å². The van der Waals surface area contributed by atoms with E-state index in [4.69, 9.17) is 11.6 Å². The molecule has 98 valence electrons. The number of carbonyl (C=O) groups is 1. The number of amides is 1. The molecule has 1 aromatic rings. The van der Waals surface area contributed by atoms with Crippen LogP contribution in [0.1, 0.15) is 24.9 Å². The molecule has 1 heterocycles. The van der Waals surface area contributed by atoms with Crippen LogP contribution in [0, 0.1) is 0 Å². The Balaban J connectivity index is 2.25. The average molecular weight is 269 g/mol. The predicted octanol–water partition coefficient (Wildman–Crippen LogP) is 2.74. The van der Waals surface area contributed by atoms with Gasteiger partial charge in [-0.2, -0.15) is 0 Å². The number of piperazine rings is 1. The Kier molecular flexibility index (Phi) is 4.09. The molecular formula is C13H17ClN2O2. The number of rotatable bonds is 2. The van der Waals surface area contributed by atoms with Crippen molar-refractivity contribution < 1.29 is 9.90 Å². The molecule has 4 nitrogen and oxygen atoms in total. The van der Waals surface area contributed by atoms with Crippen LogP contribution in [0.3, 0.4) is 0 Å². The van der Waals surface area contributed by atoms with Crippen LogP contribution >= 0.6 is 11.6 Å². The molecule has 2 rings (SSSR count). The number of nitrogens with zero attached hydrogens (tertiary/aromatic N) is 1. The van der Waals surface area contributed by atoms with E-state index >= 15 is 0 Å². The van der Waals surface area contributed by atoms with Crippen molar-refractivity contribution in [1.29, 1.82) is 0 Å². The summed E-state index contributed by atoms with van der Waals surface area (Å²) in [6.45, 7) is 3.23. The lowest BCUT2D eigenvalue weighted by molar-refractivity contribution is 0.0913. The van der Waals surface area contributed by atoms with Crippen LogP contribution in [-0.2, 0) is 0 Å². The normalized spacial score (nSPS) is 24.0. The van der Waals surface area contributed by atoms with Gasteiger partial charge in [0.25, 0.3) is 0 Å². The maximum absolute atomic E-state index is 11.2. The second-order valence-electron chi connectivity index (χ2n) is 4.43. The third-order valence-electron chi connectivity index (χ3n) is 3.40. The summed E-state index contributed by atoms with van der Waals surface area (Å²) in [7, 11) is 0. The molecule has 0 radical (unpaired) electrons. The van der Waals surface area contributed by atoms with Crippen molar-refractivity contribution in [3.05, 3.63) is 34.9 Å². The van der Waals surface area contributed by atoms with Crippen LogP contribution in [0.25, 0.3) is 0 Å². The van der Waals surface area contributed by atoms with Crippen molar-refractivity contribution in [2.24, 2.45) is 0 Å². The molecule has 1 aromatic carbocycles. The maximum atomic E-state index is 11.2. The molecule has 1 unspecified atom stereocenters. The van der Waals surface area contributed by atoms with E-state index in [0.29, 0.717) is 18.1 Å². The Bertz CT molecular complexity index is 422. The molecule has 2 atom stereocenters. The third-order valence-corrected chi connectivity index (χ3v) is 3.65. The van der Waals surface area contributed by atoms with Gasteiger partial charge in [-0.15, -0.1) is 0 Å². The van der Waals surface area contributed by atoms with E-state index in [1.165, 1.54) is 4.90 Å². The number of halogens is 1. The van der Waals surface area contributed by atoms with Crippen LogP contribution in [0.15, 0.2) is 24.3 Å². The zero-order chi connectivity index (χ0) is 13.1. The molecule has 2 N–H and O–H groups in total. The minimum absolute atomic E-state index is 0.0302. The number of benzene rings is 1. The SMILES string of the molecule is CC[C@@H]1C(c2ccc(Cl)cc2)NCCN1C(=O)O. The van der Waals surface area contributed by atoms with E-state index in [0.717, 1.165) is 12.0 Å². The van der Waals surface area contributed by atoms with Crippen molar-refractivity contribution in [2.75, 3.05) is 13.1 Å². The average Bonchev–Trinajstić information content (AvgIpc) is 2.38. The van der Waals surface area contributed by atoms with Crippen LogP contribution in [0.4, 0.5) is 4.79 Å². The van der Waals surface area contributed by atoms with E-state index in [1.54, 1.807) is 0 Å². The molecule has 5 heteroatoms. The van der Waals surface area contributed by atoms with E-state index in [1.807, 2.05) is 31.2 Å². The topological polar surface area (TPSA) is 52.6 Å². The Hall–Kier alpha value is -1.26. The first-order valence-corrected chi connectivity index (χ1v) is 6.49. The van der Waals surface area contributed by atoms with Crippen LogP contribution in [0.2, 0.25) is 5.02 Å². The molecule has 0 spiro atoms. The van der Waals surface area contributed by atoms with Crippen LogP contribution in [0.5, 0.6) is 0 Å². The summed E-state index contributed by atoms with van der Waals surface area (Å²) in [4.78, 5) is 12.8. The highest BCUT2D eigenvalue weighted by Gasteiger charge is 2.33. The van der Waals surface area contributed by atoms with Crippen molar-refractivity contribution in [1.82, 2.24) is 10.2 Å². The van der Waals surface area contributed by atoms with Gasteiger partial charge in [-0.05, 0) is 24.1 Å². The first-order valence-electron chi connectivity index (χ1n) is 6.12. The van der Waals surface area contributed by atoms with E-state index in [9.17, 15) is 9.90 Å². The zero-order valence-corrected chi connectivity index (χ0v) is 11.0. The first kappa shape index (κ1) is 13.2. The van der Waals surface area contributed by atoms with Crippen molar-refractivity contribution in [2.45, 2.75) is 25.4 Å². The first-order chi connectivity index (χ1) is 8.63. The van der Waals surface area contributed by atoms with Crippen molar-refractivity contribution >= 4 is 17.7 Å². The quantitative estimate of drug-likeness (QED) is 0.867.